The molecular formula is C25H26FN5O3S. The Bertz CT molecular complexity index is 1320. The Morgan fingerprint density at radius 3 is 2.66 bits per heavy atom. The molecule has 35 heavy (non-hydrogen) atoms. The summed E-state index contributed by atoms with van der Waals surface area (Å²) in [5, 5.41) is 6.92. The molecule has 0 unspecified atom stereocenters. The molecule has 2 aromatic carbocycles. The third-order valence-electron chi connectivity index (χ3n) is 5.39. The summed E-state index contributed by atoms with van der Waals surface area (Å²) in [6.45, 7) is 3.67. The van der Waals surface area contributed by atoms with Crippen molar-refractivity contribution >= 4 is 50.9 Å². The average Bonchev–Trinajstić information content (AvgIpc) is 3.43. The second-order valence-corrected chi connectivity index (χ2v) is 8.63. The molecule has 4 aromatic rings. The van der Waals surface area contributed by atoms with Crippen LogP contribution in [0.2, 0.25) is 0 Å². The molecule has 0 aliphatic carbocycles. The summed E-state index contributed by atoms with van der Waals surface area (Å²) in [5.41, 5.74) is 2.66. The number of carbonyl (C=O) groups is 2. The topological polar surface area (TPSA) is 88.5 Å². The lowest BCUT2D eigenvalue weighted by atomic mass is 10.2. The maximum Gasteiger partial charge on any atom is 0.326 e. The molecule has 0 radical (unpaired) electrons. The predicted molar refractivity (Wildman–Crippen MR) is 137 cm³/mol. The van der Waals surface area contributed by atoms with E-state index in [-0.39, 0.29) is 10.9 Å². The predicted octanol–water partition coefficient (Wildman–Crippen LogP) is 5.58. The zero-order chi connectivity index (χ0) is 24.8. The third-order valence-corrected chi connectivity index (χ3v) is 6.19. The van der Waals surface area contributed by atoms with E-state index in [2.05, 4.69) is 15.6 Å². The van der Waals surface area contributed by atoms with Gasteiger partial charge < -0.3 is 14.2 Å². The number of urea groups is 1. The van der Waals surface area contributed by atoms with Crippen LogP contribution >= 0.6 is 11.3 Å². The van der Waals surface area contributed by atoms with Gasteiger partial charge in [-0.15, -0.1) is 11.3 Å². The second-order valence-electron chi connectivity index (χ2n) is 7.72. The van der Waals surface area contributed by atoms with Crippen LogP contribution in [0.5, 0.6) is 0 Å². The molecule has 0 spiro atoms. The van der Waals surface area contributed by atoms with E-state index in [0.717, 1.165) is 16.9 Å². The summed E-state index contributed by atoms with van der Waals surface area (Å²) < 4.78 is 21.1. The lowest BCUT2D eigenvalue weighted by molar-refractivity contribution is 0.0993. The van der Waals surface area contributed by atoms with Gasteiger partial charge in [0.2, 0.25) is 5.95 Å². The summed E-state index contributed by atoms with van der Waals surface area (Å²) in [6.07, 6.45) is 0.712. The molecule has 0 fully saturated rings. The molecule has 182 valence electrons. The van der Waals surface area contributed by atoms with Crippen LogP contribution in [0.3, 0.4) is 0 Å². The maximum absolute atomic E-state index is 13.7. The average molecular weight is 496 g/mol. The van der Waals surface area contributed by atoms with Gasteiger partial charge in [0.05, 0.1) is 11.0 Å². The summed E-state index contributed by atoms with van der Waals surface area (Å²) in [5.74, 6) is -0.317. The Hall–Kier alpha value is -3.76. The van der Waals surface area contributed by atoms with Crippen molar-refractivity contribution in [1.82, 2.24) is 9.55 Å². The lowest BCUT2D eigenvalue weighted by Crippen LogP contribution is -2.26. The molecule has 10 heteroatoms. The molecule has 0 atom stereocenters. The molecule has 4 rings (SSSR count). The molecule has 0 aliphatic rings. The van der Waals surface area contributed by atoms with Crippen LogP contribution in [-0.4, -0.2) is 41.8 Å². The molecular weight excluding hydrogens is 469 g/mol. The van der Waals surface area contributed by atoms with Gasteiger partial charge in [-0.05, 0) is 55.1 Å². The van der Waals surface area contributed by atoms with Gasteiger partial charge in [-0.1, -0.05) is 18.2 Å². The fraction of sp³-hybridized carbons (Fsp3) is 0.240. The van der Waals surface area contributed by atoms with E-state index in [9.17, 15) is 14.0 Å². The number of halogens is 1. The Morgan fingerprint density at radius 2 is 1.94 bits per heavy atom. The molecule has 8 nitrogen and oxygen atoms in total. The molecule has 2 heterocycles. The first-order valence-electron chi connectivity index (χ1n) is 11.2. The van der Waals surface area contributed by atoms with Gasteiger partial charge in [0.15, 0.2) is 5.82 Å². The number of rotatable bonds is 9. The number of benzene rings is 2. The van der Waals surface area contributed by atoms with Gasteiger partial charge in [0.1, 0.15) is 5.00 Å². The van der Waals surface area contributed by atoms with E-state index in [4.69, 9.17) is 4.74 Å². The van der Waals surface area contributed by atoms with Crippen molar-refractivity contribution in [2.45, 2.75) is 19.9 Å². The van der Waals surface area contributed by atoms with E-state index in [1.54, 1.807) is 35.5 Å². The summed E-state index contributed by atoms with van der Waals surface area (Å²) in [4.78, 5) is 31.6. The van der Waals surface area contributed by atoms with Gasteiger partial charge in [-0.2, -0.15) is 0 Å². The van der Waals surface area contributed by atoms with Crippen molar-refractivity contribution < 1.29 is 18.7 Å². The molecule has 0 aliphatic heterocycles. The number of thiophene rings is 1. The number of aryl methyl sites for hydroxylation is 1. The van der Waals surface area contributed by atoms with Crippen LogP contribution in [0.25, 0.3) is 11.0 Å². The molecule has 2 aromatic heterocycles. The Kier molecular flexibility index (Phi) is 7.74. The van der Waals surface area contributed by atoms with E-state index >= 15 is 0 Å². The SMILES string of the molecule is CCOCCCn1c(NC(=O)Nc2sccc2F)nc2cc(N(C)C(=O)c3ccccc3)ccc21. The standard InChI is InChI=1S/C25H26FN5O3S/c1-3-34-14-7-13-31-21-11-10-18(30(2)23(32)17-8-5-4-6-9-17)16-20(21)27-24(31)29-25(33)28-22-19(26)12-15-35-22/h4-6,8-12,15-16H,3,7,13-14H2,1-2H3,(H2,27,28,29,33). The number of fused-ring (bicyclic) bond motifs is 1. The van der Waals surface area contributed by atoms with Crippen molar-refractivity contribution in [3.05, 3.63) is 71.4 Å². The van der Waals surface area contributed by atoms with Gasteiger partial charge in [-0.3, -0.25) is 15.4 Å². The number of hydrogen-bond donors (Lipinski definition) is 2. The van der Waals surface area contributed by atoms with E-state index in [1.807, 2.05) is 41.8 Å². The maximum atomic E-state index is 13.7. The van der Waals surface area contributed by atoms with Crippen molar-refractivity contribution in [3.8, 4) is 0 Å². The minimum Gasteiger partial charge on any atom is -0.382 e. The van der Waals surface area contributed by atoms with Crippen molar-refractivity contribution in [2.24, 2.45) is 0 Å². The highest BCUT2D eigenvalue weighted by molar-refractivity contribution is 7.14. The number of nitrogens with zero attached hydrogens (tertiary/aromatic N) is 3. The number of hydrogen-bond acceptors (Lipinski definition) is 5. The number of aromatic nitrogens is 2. The van der Waals surface area contributed by atoms with E-state index in [1.165, 1.54) is 6.07 Å². The summed E-state index contributed by atoms with van der Waals surface area (Å²) in [7, 11) is 1.71. The smallest absolute Gasteiger partial charge is 0.326 e. The number of ether oxygens (including phenoxy) is 1. The van der Waals surface area contributed by atoms with Crippen molar-refractivity contribution in [2.75, 3.05) is 35.8 Å². The first-order valence-corrected chi connectivity index (χ1v) is 12.1. The first kappa shape index (κ1) is 24.4. The Morgan fingerprint density at radius 1 is 1.14 bits per heavy atom. The fourth-order valence-electron chi connectivity index (χ4n) is 3.63. The molecule has 2 N–H and O–H groups in total. The van der Waals surface area contributed by atoms with Crippen LogP contribution in [0.1, 0.15) is 23.7 Å². The van der Waals surface area contributed by atoms with Crippen LogP contribution in [0.4, 0.5) is 25.8 Å². The minimum absolute atomic E-state index is 0.129. The van der Waals surface area contributed by atoms with E-state index in [0.29, 0.717) is 48.9 Å². The Balaban J connectivity index is 1.60. The highest BCUT2D eigenvalue weighted by Crippen LogP contribution is 2.27. The van der Waals surface area contributed by atoms with Gasteiger partial charge in [0.25, 0.3) is 5.91 Å². The number of amides is 3. The monoisotopic (exact) mass is 495 g/mol. The summed E-state index contributed by atoms with van der Waals surface area (Å²) >= 11 is 1.09. The first-order chi connectivity index (χ1) is 17.0. The van der Waals surface area contributed by atoms with E-state index < -0.39 is 11.8 Å². The van der Waals surface area contributed by atoms with Gasteiger partial charge >= 0.3 is 6.03 Å². The Labute approximate surface area is 206 Å². The third kappa shape index (κ3) is 5.67. The van der Waals surface area contributed by atoms with Crippen LogP contribution in [0, 0.1) is 5.82 Å². The molecule has 0 saturated carbocycles. The summed E-state index contributed by atoms with van der Waals surface area (Å²) in [6, 6.07) is 15.2. The van der Waals surface area contributed by atoms with Crippen molar-refractivity contribution in [3.63, 3.8) is 0 Å². The molecule has 0 bridgehead atoms. The second kappa shape index (κ2) is 11.1. The minimum atomic E-state index is -0.593. The zero-order valence-electron chi connectivity index (χ0n) is 19.5. The number of imidazole rings is 1. The zero-order valence-corrected chi connectivity index (χ0v) is 20.3. The quantitative estimate of drug-likeness (QED) is 0.297. The highest BCUT2D eigenvalue weighted by Gasteiger charge is 2.18. The van der Waals surface area contributed by atoms with Crippen LogP contribution in [0.15, 0.2) is 60.0 Å². The number of carbonyl (C=O) groups excluding carboxylic acids is 2. The van der Waals surface area contributed by atoms with Crippen molar-refractivity contribution in [1.29, 1.82) is 0 Å². The van der Waals surface area contributed by atoms with Crippen LogP contribution in [-0.2, 0) is 11.3 Å². The fourth-order valence-corrected chi connectivity index (χ4v) is 4.28. The van der Waals surface area contributed by atoms with Gasteiger partial charge in [-0.25, -0.2) is 14.2 Å². The normalized spacial score (nSPS) is 10.9. The van der Waals surface area contributed by atoms with Gasteiger partial charge in [0, 0.05) is 38.1 Å². The number of nitrogens with one attached hydrogen (secondary N) is 2. The molecule has 0 saturated heterocycles. The van der Waals surface area contributed by atoms with Crippen LogP contribution < -0.4 is 15.5 Å². The lowest BCUT2D eigenvalue weighted by Gasteiger charge is -2.17. The molecule has 3 amide bonds. The number of anilines is 3. The highest BCUT2D eigenvalue weighted by atomic mass is 32.1. The largest absolute Gasteiger partial charge is 0.382 e.